The third kappa shape index (κ3) is 3.96. The number of halogens is 2. The number of alkyl halides is 2. The number of ketones is 1. The lowest BCUT2D eigenvalue weighted by atomic mass is 10.1. The maximum absolute atomic E-state index is 12.0. The molecule has 0 spiro atoms. The molecule has 2 rings (SSSR count). The van der Waals surface area contributed by atoms with Crippen LogP contribution in [0.5, 0.6) is 0 Å². The third-order valence-electron chi connectivity index (χ3n) is 2.89. The molecule has 0 aliphatic rings. The Morgan fingerprint density at radius 1 is 0.900 bits per heavy atom. The summed E-state index contributed by atoms with van der Waals surface area (Å²) in [5.41, 5.74) is 1.80. The smallest absolute Gasteiger partial charge is 0.175 e. The summed E-state index contributed by atoms with van der Waals surface area (Å²) < 4.78 is 0. The Labute approximate surface area is 128 Å². The molecule has 2 aromatic carbocycles. The van der Waals surface area contributed by atoms with Gasteiger partial charge in [-0.15, -0.1) is 23.2 Å². The highest BCUT2D eigenvalue weighted by molar-refractivity contribution is 6.39. The van der Waals surface area contributed by atoms with E-state index in [0.717, 1.165) is 11.1 Å². The van der Waals surface area contributed by atoms with Gasteiger partial charge in [0.15, 0.2) is 5.78 Å². The second-order valence-electron chi connectivity index (χ2n) is 4.36. The summed E-state index contributed by atoms with van der Waals surface area (Å²) in [6, 6.07) is 19.0. The fraction of sp³-hybridized carbons (Fsp3) is 0.118. The third-order valence-corrected chi connectivity index (χ3v) is 3.99. The molecule has 102 valence electrons. The molecule has 0 saturated heterocycles. The molecular weight excluding hydrogens is 291 g/mol. The molecule has 0 amide bonds. The standard InChI is InChI=1S/C17H14Cl2O/c18-16(14-9-5-2-6-10-14)17(19)15(20)12-11-13-7-3-1-4-8-13/h1-12,16-17H/b12-11-/t16-,17+/m1/s1. The van der Waals surface area contributed by atoms with E-state index in [1.54, 1.807) is 6.08 Å². The van der Waals surface area contributed by atoms with Crippen molar-refractivity contribution < 1.29 is 4.79 Å². The Kier molecular flexibility index (Phi) is 5.40. The average Bonchev–Trinajstić information content (AvgIpc) is 2.53. The number of allylic oxidation sites excluding steroid dienone is 1. The van der Waals surface area contributed by atoms with Crippen molar-refractivity contribution in [2.75, 3.05) is 0 Å². The molecule has 0 aliphatic heterocycles. The van der Waals surface area contributed by atoms with Gasteiger partial charge in [0, 0.05) is 0 Å². The number of carbonyl (C=O) groups is 1. The number of hydrogen-bond donors (Lipinski definition) is 0. The molecule has 20 heavy (non-hydrogen) atoms. The first-order valence-corrected chi connectivity index (χ1v) is 7.16. The summed E-state index contributed by atoms with van der Waals surface area (Å²) in [7, 11) is 0. The predicted octanol–water partition coefficient (Wildman–Crippen LogP) is 4.86. The molecular formula is C17H14Cl2O. The molecule has 0 radical (unpaired) electrons. The zero-order valence-electron chi connectivity index (χ0n) is 10.7. The molecule has 0 aromatic heterocycles. The lowest BCUT2D eigenvalue weighted by molar-refractivity contribution is -0.114. The van der Waals surface area contributed by atoms with E-state index in [2.05, 4.69) is 0 Å². The van der Waals surface area contributed by atoms with Gasteiger partial charge in [0.2, 0.25) is 0 Å². The van der Waals surface area contributed by atoms with Crippen LogP contribution in [0.1, 0.15) is 16.5 Å². The lowest BCUT2D eigenvalue weighted by Crippen LogP contribution is -2.17. The Bertz CT molecular complexity index is 578. The molecule has 0 N–H and O–H groups in total. The molecule has 2 atom stereocenters. The summed E-state index contributed by atoms with van der Waals surface area (Å²) in [6.07, 6.45) is 3.22. The van der Waals surface area contributed by atoms with E-state index >= 15 is 0 Å². The van der Waals surface area contributed by atoms with Gasteiger partial charge in [-0.05, 0) is 17.2 Å². The van der Waals surface area contributed by atoms with E-state index in [1.165, 1.54) is 6.08 Å². The van der Waals surface area contributed by atoms with Gasteiger partial charge >= 0.3 is 0 Å². The molecule has 0 bridgehead atoms. The molecule has 1 nitrogen and oxygen atoms in total. The normalized spacial score (nSPS) is 14.1. The van der Waals surface area contributed by atoms with Crippen LogP contribution in [0.25, 0.3) is 6.08 Å². The van der Waals surface area contributed by atoms with Crippen LogP contribution < -0.4 is 0 Å². The summed E-state index contributed by atoms with van der Waals surface area (Å²) >= 11 is 12.4. The van der Waals surface area contributed by atoms with Gasteiger partial charge < -0.3 is 0 Å². The van der Waals surface area contributed by atoms with Crippen LogP contribution >= 0.6 is 23.2 Å². The Hall–Kier alpha value is -1.57. The van der Waals surface area contributed by atoms with E-state index in [0.29, 0.717) is 0 Å². The van der Waals surface area contributed by atoms with Crippen LogP contribution in [-0.4, -0.2) is 11.2 Å². The Morgan fingerprint density at radius 2 is 1.45 bits per heavy atom. The van der Waals surface area contributed by atoms with Crippen molar-refractivity contribution in [3.8, 4) is 0 Å². The molecule has 2 aromatic rings. The van der Waals surface area contributed by atoms with Crippen molar-refractivity contribution in [1.29, 1.82) is 0 Å². The van der Waals surface area contributed by atoms with E-state index in [9.17, 15) is 4.79 Å². The van der Waals surface area contributed by atoms with Crippen LogP contribution in [-0.2, 0) is 4.79 Å². The fourth-order valence-electron chi connectivity index (χ4n) is 1.78. The molecule has 3 heteroatoms. The molecule has 0 unspecified atom stereocenters. The first-order chi connectivity index (χ1) is 9.68. The minimum Gasteiger partial charge on any atom is -0.293 e. The van der Waals surface area contributed by atoms with Crippen molar-refractivity contribution in [3.63, 3.8) is 0 Å². The predicted molar refractivity (Wildman–Crippen MR) is 85.2 cm³/mol. The van der Waals surface area contributed by atoms with Gasteiger partial charge in [-0.3, -0.25) is 4.79 Å². The summed E-state index contributed by atoms with van der Waals surface area (Å²) in [4.78, 5) is 12.0. The molecule has 0 fully saturated rings. The van der Waals surface area contributed by atoms with Crippen molar-refractivity contribution in [3.05, 3.63) is 77.9 Å². The maximum atomic E-state index is 12.0. The molecule has 0 saturated carbocycles. The maximum Gasteiger partial charge on any atom is 0.175 e. The van der Waals surface area contributed by atoms with Crippen molar-refractivity contribution in [2.45, 2.75) is 10.8 Å². The SMILES string of the molecule is O=C(/C=C\c1ccccc1)[C@H](Cl)[C@H](Cl)c1ccccc1. The number of benzene rings is 2. The van der Waals surface area contributed by atoms with Crippen LogP contribution in [0, 0.1) is 0 Å². The zero-order chi connectivity index (χ0) is 14.4. The summed E-state index contributed by atoms with van der Waals surface area (Å²) in [6.45, 7) is 0. The number of carbonyl (C=O) groups excluding carboxylic acids is 1. The zero-order valence-corrected chi connectivity index (χ0v) is 12.3. The topological polar surface area (TPSA) is 17.1 Å². The van der Waals surface area contributed by atoms with Gasteiger partial charge in [0.05, 0.1) is 5.38 Å². The largest absolute Gasteiger partial charge is 0.293 e. The first kappa shape index (κ1) is 14.8. The summed E-state index contributed by atoms with van der Waals surface area (Å²) in [5, 5.41) is -1.31. The van der Waals surface area contributed by atoms with E-state index < -0.39 is 10.8 Å². The highest BCUT2D eigenvalue weighted by Crippen LogP contribution is 2.28. The fourth-order valence-corrected chi connectivity index (χ4v) is 2.27. The molecule has 0 aliphatic carbocycles. The number of rotatable bonds is 5. The minimum atomic E-state index is -0.779. The van der Waals surface area contributed by atoms with Crippen LogP contribution in [0.15, 0.2) is 66.7 Å². The highest BCUT2D eigenvalue weighted by atomic mass is 35.5. The van der Waals surface area contributed by atoms with Gasteiger partial charge in [0.25, 0.3) is 0 Å². The van der Waals surface area contributed by atoms with E-state index in [-0.39, 0.29) is 5.78 Å². The lowest BCUT2D eigenvalue weighted by Gasteiger charge is -2.13. The van der Waals surface area contributed by atoms with Crippen molar-refractivity contribution in [1.82, 2.24) is 0 Å². The first-order valence-electron chi connectivity index (χ1n) is 6.28. The van der Waals surface area contributed by atoms with Crippen molar-refractivity contribution in [2.24, 2.45) is 0 Å². The monoisotopic (exact) mass is 304 g/mol. The van der Waals surface area contributed by atoms with E-state index in [1.807, 2.05) is 60.7 Å². The van der Waals surface area contributed by atoms with Gasteiger partial charge in [-0.25, -0.2) is 0 Å². The summed E-state index contributed by atoms with van der Waals surface area (Å²) in [5.74, 6) is -0.195. The van der Waals surface area contributed by atoms with Crippen molar-refractivity contribution >= 4 is 35.1 Å². The van der Waals surface area contributed by atoms with Crippen LogP contribution in [0.3, 0.4) is 0 Å². The Balaban J connectivity index is 2.04. The van der Waals surface area contributed by atoms with E-state index in [4.69, 9.17) is 23.2 Å². The Morgan fingerprint density at radius 3 is 2.05 bits per heavy atom. The number of hydrogen-bond acceptors (Lipinski definition) is 1. The second-order valence-corrected chi connectivity index (χ2v) is 5.30. The van der Waals surface area contributed by atoms with Crippen LogP contribution in [0.4, 0.5) is 0 Å². The molecule has 0 heterocycles. The van der Waals surface area contributed by atoms with Gasteiger partial charge in [0.1, 0.15) is 5.38 Å². The minimum absolute atomic E-state index is 0.195. The van der Waals surface area contributed by atoms with Gasteiger partial charge in [-0.2, -0.15) is 0 Å². The highest BCUT2D eigenvalue weighted by Gasteiger charge is 2.23. The average molecular weight is 305 g/mol. The second kappa shape index (κ2) is 7.28. The van der Waals surface area contributed by atoms with Crippen LogP contribution in [0.2, 0.25) is 0 Å². The quantitative estimate of drug-likeness (QED) is 0.569. The van der Waals surface area contributed by atoms with Gasteiger partial charge in [-0.1, -0.05) is 66.7 Å².